The second-order valence-electron chi connectivity index (χ2n) is 19.7. The van der Waals surface area contributed by atoms with Gasteiger partial charge in [-0.15, -0.1) is 0 Å². The highest BCUT2D eigenvalue weighted by atomic mass is 32.3. The molecule has 5 rings (SSSR count). The van der Waals surface area contributed by atoms with E-state index in [0.29, 0.717) is 18.8 Å². The lowest BCUT2D eigenvalue weighted by atomic mass is 9.43. The van der Waals surface area contributed by atoms with Gasteiger partial charge in [-0.05, 0) is 91.3 Å². The number of carbonyl (C=O) groups is 5. The van der Waals surface area contributed by atoms with Gasteiger partial charge in [0.2, 0.25) is 6.29 Å². The molecular formula is C43H69O19PS. The van der Waals surface area contributed by atoms with E-state index in [1.807, 2.05) is 0 Å². The molecular weight excluding hydrogens is 883 g/mol. The first-order valence-electron chi connectivity index (χ1n) is 22.5. The van der Waals surface area contributed by atoms with Gasteiger partial charge in [0.1, 0.15) is 18.8 Å². The Kier molecular flexibility index (Phi) is 16.9. The van der Waals surface area contributed by atoms with Gasteiger partial charge >= 0.3 is 48.1 Å². The second kappa shape index (κ2) is 20.7. The summed E-state index contributed by atoms with van der Waals surface area (Å²) in [6, 6.07) is 0. The zero-order valence-corrected chi connectivity index (χ0v) is 40.3. The van der Waals surface area contributed by atoms with Crippen LogP contribution in [0.2, 0.25) is 0 Å². The van der Waals surface area contributed by atoms with Crippen LogP contribution in [0.5, 0.6) is 0 Å². The Labute approximate surface area is 376 Å². The smallest absolute Gasteiger partial charge is 0.463 e. The van der Waals surface area contributed by atoms with Crippen molar-refractivity contribution in [2.24, 2.45) is 52.3 Å². The molecule has 0 bridgehead atoms. The molecule has 64 heavy (non-hydrogen) atoms. The summed E-state index contributed by atoms with van der Waals surface area (Å²) in [5.41, 5.74) is -0.869. The van der Waals surface area contributed by atoms with Gasteiger partial charge in [0, 0.05) is 40.5 Å². The molecule has 0 radical (unpaired) electrons. The van der Waals surface area contributed by atoms with Crippen molar-refractivity contribution in [3.63, 3.8) is 0 Å². The number of phosphoric ester groups is 1. The van der Waals surface area contributed by atoms with Crippen LogP contribution in [0.1, 0.15) is 133 Å². The Morgan fingerprint density at radius 1 is 0.719 bits per heavy atom. The van der Waals surface area contributed by atoms with Gasteiger partial charge < -0.3 is 33.3 Å². The van der Waals surface area contributed by atoms with Crippen LogP contribution in [0.4, 0.5) is 0 Å². The zero-order chi connectivity index (χ0) is 47.7. The number of phosphoric acid groups is 1. The van der Waals surface area contributed by atoms with Crippen molar-refractivity contribution >= 4 is 48.1 Å². The van der Waals surface area contributed by atoms with Crippen molar-refractivity contribution in [1.29, 1.82) is 0 Å². The monoisotopic (exact) mass is 952 g/mol. The van der Waals surface area contributed by atoms with Gasteiger partial charge in [-0.2, -0.15) is 8.42 Å². The van der Waals surface area contributed by atoms with Crippen molar-refractivity contribution in [2.75, 3.05) is 6.61 Å². The molecule has 4 aliphatic carbocycles. The van der Waals surface area contributed by atoms with E-state index in [0.717, 1.165) is 59.8 Å². The van der Waals surface area contributed by atoms with E-state index in [1.54, 1.807) is 0 Å². The average Bonchev–Trinajstić information content (AvgIpc) is 3.43. The first-order valence-corrected chi connectivity index (χ1v) is 25.3. The maximum absolute atomic E-state index is 14.5. The van der Waals surface area contributed by atoms with E-state index in [-0.39, 0.29) is 66.3 Å². The molecule has 1 aliphatic heterocycles. The van der Waals surface area contributed by atoms with Crippen LogP contribution in [0.3, 0.4) is 0 Å². The molecule has 0 spiro atoms. The fourth-order valence-electron chi connectivity index (χ4n) is 12.6. The Hall–Kier alpha value is -2.71. The van der Waals surface area contributed by atoms with Crippen LogP contribution in [0, 0.1) is 52.3 Å². The number of hydrogen-bond acceptors (Lipinski definition) is 17. The third-order valence-corrected chi connectivity index (χ3v) is 16.3. The lowest BCUT2D eigenvalue weighted by Crippen LogP contribution is -2.62. The maximum atomic E-state index is 14.5. The summed E-state index contributed by atoms with van der Waals surface area (Å²) < 4.78 is 98.7. The van der Waals surface area contributed by atoms with E-state index in [2.05, 4.69) is 34.6 Å². The quantitative estimate of drug-likeness (QED) is 0.0729. The van der Waals surface area contributed by atoms with Gasteiger partial charge in [0.25, 0.3) is 0 Å². The first-order chi connectivity index (χ1) is 29.6. The molecule has 0 aromatic carbocycles. The highest BCUT2D eigenvalue weighted by molar-refractivity contribution is 7.80. The molecule has 366 valence electrons. The summed E-state index contributed by atoms with van der Waals surface area (Å²) in [4.78, 5) is 73.4. The van der Waals surface area contributed by atoms with E-state index < -0.39 is 103 Å². The maximum Gasteiger partial charge on any atom is 0.474 e. The van der Waals surface area contributed by atoms with E-state index in [9.17, 15) is 46.4 Å². The predicted molar refractivity (Wildman–Crippen MR) is 224 cm³/mol. The highest BCUT2D eigenvalue weighted by Gasteiger charge is 2.66. The third kappa shape index (κ3) is 12.4. The molecule has 0 aromatic rings. The molecule has 0 aromatic heterocycles. The first kappa shape index (κ1) is 52.3. The second-order valence-corrected chi connectivity index (χ2v) is 22.1. The van der Waals surface area contributed by atoms with E-state index in [4.69, 9.17) is 41.7 Å². The molecule has 1 saturated heterocycles. The third-order valence-electron chi connectivity index (χ3n) is 14.8. The summed E-state index contributed by atoms with van der Waals surface area (Å²) in [6.45, 7) is 16.0. The van der Waals surface area contributed by atoms with Crippen molar-refractivity contribution in [1.82, 2.24) is 0 Å². The van der Waals surface area contributed by atoms with Crippen LogP contribution in [-0.4, -0.2) is 103 Å². The lowest BCUT2D eigenvalue weighted by molar-refractivity contribution is -0.292. The van der Waals surface area contributed by atoms with Crippen LogP contribution >= 0.6 is 7.82 Å². The summed E-state index contributed by atoms with van der Waals surface area (Å²) in [5.74, 6) is -3.70. The molecule has 21 heteroatoms. The minimum atomic E-state index is -5.36. The molecule has 1 unspecified atom stereocenters. The SMILES string of the molecule is CC(=O)OC[C@H]1O[C@@H](OP(=O)(O)O[C@H]2C[C@H]3[C@H]4C[C@H](OC(C)=O)[C@H]([C@H](C)CCCC(C)C)[C@@]4(C)CC[C@@H]3[C@@]3(C)CC[C@H](OS(=O)(=O)O)C[C@H]23)[C@H](OC(C)=O)[C@@H](OC(C)=O)[C@@H]1OC(C)=O. The molecule has 2 N–H and O–H groups in total. The Bertz CT molecular complexity index is 1880. The van der Waals surface area contributed by atoms with Gasteiger partial charge in [-0.1, -0.05) is 53.9 Å². The molecule has 1 heterocycles. The highest BCUT2D eigenvalue weighted by Crippen LogP contribution is 2.70. The van der Waals surface area contributed by atoms with Crippen molar-refractivity contribution in [3.05, 3.63) is 0 Å². The fourth-order valence-corrected chi connectivity index (χ4v) is 14.2. The average molecular weight is 953 g/mol. The van der Waals surface area contributed by atoms with E-state index in [1.165, 1.54) is 6.92 Å². The molecule has 0 amide bonds. The van der Waals surface area contributed by atoms with Gasteiger partial charge in [-0.3, -0.25) is 37.6 Å². The minimum Gasteiger partial charge on any atom is -0.463 e. The van der Waals surface area contributed by atoms with Gasteiger partial charge in [0.05, 0.1) is 12.2 Å². The lowest BCUT2D eigenvalue weighted by Gasteiger charge is -2.62. The molecule has 5 aliphatic rings. The predicted octanol–water partition coefficient (Wildman–Crippen LogP) is 6.03. The number of carbonyl (C=O) groups excluding carboxylic acids is 5. The van der Waals surface area contributed by atoms with E-state index >= 15 is 0 Å². The number of ether oxygens (including phenoxy) is 6. The summed E-state index contributed by atoms with van der Waals surface area (Å²) in [5, 5.41) is 0. The van der Waals surface area contributed by atoms with Crippen molar-refractivity contribution < 1.29 is 88.1 Å². The summed E-state index contributed by atoms with van der Waals surface area (Å²) in [7, 11) is -10.2. The van der Waals surface area contributed by atoms with Crippen molar-refractivity contribution in [3.8, 4) is 0 Å². The Morgan fingerprint density at radius 2 is 1.31 bits per heavy atom. The molecule has 5 fully saturated rings. The normalized spacial score (nSPS) is 38.6. The van der Waals surface area contributed by atoms with Crippen LogP contribution in [-0.2, 0) is 80.6 Å². The number of rotatable bonds is 17. The fraction of sp³-hybridized carbons (Fsp3) is 0.884. The summed E-state index contributed by atoms with van der Waals surface area (Å²) >= 11 is 0. The topological polar surface area (TPSA) is 260 Å². The molecule has 19 nitrogen and oxygen atoms in total. The standard InChI is InChI=1S/C43H69O19PS/c1-22(2)12-11-13-23(3)37-35(55-25(5)45)20-32-30-19-34(33-18-29(62-64(51,52)53)14-16-42(33,9)31(30)15-17-43(32,37)10)60-63(49,50)61-41-40(58-28(8)48)39(57-27(7)47)38(56-26(6)46)36(59-41)21-54-24(4)44/h22-23,29-41H,11-21H2,1-10H3,(H,49,50)(H,51,52,53)/t23-,29+,30-,31+,32-,33-,34+,35+,36-,37+,38-,39+,40-,41+,42-,43+/m1/s1. The summed E-state index contributed by atoms with van der Waals surface area (Å²) in [6.07, 6.45) is -4.72. The molecule has 4 saturated carbocycles. The van der Waals surface area contributed by atoms with Gasteiger partial charge in [0.15, 0.2) is 18.3 Å². The van der Waals surface area contributed by atoms with Crippen LogP contribution in [0.25, 0.3) is 0 Å². The number of hydrogen-bond donors (Lipinski definition) is 2. The van der Waals surface area contributed by atoms with Crippen LogP contribution in [0.15, 0.2) is 0 Å². The number of esters is 5. The molecule has 17 atom stereocenters. The minimum absolute atomic E-state index is 0.00238. The Balaban J connectivity index is 1.52. The largest absolute Gasteiger partial charge is 0.474 e. The zero-order valence-electron chi connectivity index (χ0n) is 38.6. The van der Waals surface area contributed by atoms with Gasteiger partial charge in [-0.25, -0.2) is 8.75 Å². The van der Waals surface area contributed by atoms with Crippen molar-refractivity contribution in [2.45, 2.75) is 182 Å². The number of fused-ring (bicyclic) bond motifs is 5. The Morgan fingerprint density at radius 3 is 1.89 bits per heavy atom. The van der Waals surface area contributed by atoms with Crippen LogP contribution < -0.4 is 0 Å².